The van der Waals surface area contributed by atoms with Crippen molar-refractivity contribution in [3.8, 4) is 0 Å². The third kappa shape index (κ3) is 1.27. The minimum atomic E-state index is -0.864. The topological polar surface area (TPSA) is 60.4 Å². The summed E-state index contributed by atoms with van der Waals surface area (Å²) < 4.78 is 4.43. The third-order valence-corrected chi connectivity index (χ3v) is 2.74. The fourth-order valence-electron chi connectivity index (χ4n) is 1.93. The maximum absolute atomic E-state index is 12.1. The molecule has 0 unspecified atom stereocenters. The first-order valence-electron chi connectivity index (χ1n) is 5.01. The van der Waals surface area contributed by atoms with Gasteiger partial charge in [0.25, 0.3) is 0 Å². The number of cyclic esters (lactones) is 2. The molecule has 0 saturated heterocycles. The van der Waals surface area contributed by atoms with Crippen LogP contribution in [0.1, 0.15) is 20.7 Å². The third-order valence-electron chi connectivity index (χ3n) is 2.74. The van der Waals surface area contributed by atoms with E-state index < -0.39 is 17.4 Å². The number of benzene rings is 1. The fraction of sp³-hybridized carbons (Fsp3) is 0. The molecule has 3 rings (SSSR count). The van der Waals surface area contributed by atoms with Gasteiger partial charge in [-0.25, -0.2) is 9.59 Å². The van der Waals surface area contributed by atoms with Crippen molar-refractivity contribution < 1.29 is 14.3 Å². The second-order valence-electron chi connectivity index (χ2n) is 3.72. The number of carbonyl (C=O) groups is 2. The van der Waals surface area contributed by atoms with Gasteiger partial charge in [-0.3, -0.25) is 4.79 Å². The van der Waals surface area contributed by atoms with E-state index in [9.17, 15) is 14.4 Å². The number of esters is 2. The predicted octanol–water partition coefficient (Wildman–Crippen LogP) is 1.51. The van der Waals surface area contributed by atoms with E-state index in [1.165, 1.54) is 6.07 Å². The van der Waals surface area contributed by atoms with Crippen molar-refractivity contribution in [3.05, 3.63) is 57.7 Å². The lowest BCUT2D eigenvalue weighted by molar-refractivity contribution is 0.0443. The van der Waals surface area contributed by atoms with E-state index in [0.29, 0.717) is 10.8 Å². The normalized spacial score (nSPS) is 13.6. The molecule has 82 valence electrons. The number of hydrogen-bond acceptors (Lipinski definition) is 4. The Kier molecular flexibility index (Phi) is 1.86. The van der Waals surface area contributed by atoms with Crippen LogP contribution in [0.3, 0.4) is 0 Å². The van der Waals surface area contributed by atoms with Crippen molar-refractivity contribution in [1.82, 2.24) is 0 Å². The Morgan fingerprint density at radius 2 is 1.59 bits per heavy atom. The van der Waals surface area contributed by atoms with Crippen LogP contribution in [0.25, 0.3) is 10.8 Å². The Morgan fingerprint density at radius 1 is 0.824 bits per heavy atom. The Balaban J connectivity index is 2.58. The molecule has 1 aliphatic rings. The highest BCUT2D eigenvalue weighted by Gasteiger charge is 2.31. The van der Waals surface area contributed by atoms with E-state index in [1.54, 1.807) is 30.3 Å². The summed E-state index contributed by atoms with van der Waals surface area (Å²) in [6.07, 6.45) is 0. The van der Waals surface area contributed by atoms with Gasteiger partial charge in [-0.05, 0) is 11.5 Å². The first-order valence-corrected chi connectivity index (χ1v) is 5.01. The highest BCUT2D eigenvalue weighted by Crippen LogP contribution is 2.18. The van der Waals surface area contributed by atoms with Crippen molar-refractivity contribution in [2.24, 2.45) is 0 Å². The Bertz CT molecular complexity index is 731. The first-order chi connectivity index (χ1) is 8.18. The number of hydrogen-bond donors (Lipinski definition) is 0. The zero-order chi connectivity index (χ0) is 12.0. The van der Waals surface area contributed by atoms with E-state index in [4.69, 9.17) is 0 Å². The van der Waals surface area contributed by atoms with Crippen molar-refractivity contribution in [2.45, 2.75) is 0 Å². The van der Waals surface area contributed by atoms with Crippen LogP contribution in [-0.2, 0) is 4.74 Å². The maximum atomic E-state index is 12.1. The number of fused-ring (bicyclic) bond motifs is 2. The van der Waals surface area contributed by atoms with E-state index in [0.717, 1.165) is 0 Å². The molecule has 1 heterocycles. The summed E-state index contributed by atoms with van der Waals surface area (Å²) in [5, 5.41) is 1.09. The molecule has 0 fully saturated rings. The monoisotopic (exact) mass is 226 g/mol. The van der Waals surface area contributed by atoms with E-state index >= 15 is 0 Å². The number of rotatable bonds is 0. The summed E-state index contributed by atoms with van der Waals surface area (Å²) in [6, 6.07) is 9.95. The molecule has 0 N–H and O–H groups in total. The molecule has 2 aromatic carbocycles. The molecule has 4 heteroatoms. The van der Waals surface area contributed by atoms with Crippen LogP contribution in [0.15, 0.2) is 41.2 Å². The first kappa shape index (κ1) is 9.72. The van der Waals surface area contributed by atoms with Crippen LogP contribution in [-0.4, -0.2) is 11.9 Å². The van der Waals surface area contributed by atoms with Gasteiger partial charge < -0.3 is 4.74 Å². The zero-order valence-corrected chi connectivity index (χ0v) is 8.60. The smallest absolute Gasteiger partial charge is 0.350 e. The standard InChI is InChI=1S/C13H6O4/c14-11-8-4-2-1-3-7(8)5-6-9-10(11)13(16)17-12(9)15/h1-6H. The van der Waals surface area contributed by atoms with Crippen LogP contribution in [0, 0.1) is 0 Å². The molecule has 0 aromatic heterocycles. The molecular weight excluding hydrogens is 220 g/mol. The minimum absolute atomic E-state index is 0.0381. The Labute approximate surface area is 95.4 Å². The largest absolute Gasteiger partial charge is 0.386 e. The van der Waals surface area contributed by atoms with E-state index in [1.807, 2.05) is 0 Å². The fourth-order valence-corrected chi connectivity index (χ4v) is 1.93. The summed E-state index contributed by atoms with van der Waals surface area (Å²) in [6.45, 7) is 0. The molecule has 0 aliphatic carbocycles. The average Bonchev–Trinajstić information content (AvgIpc) is 2.51. The Hall–Kier alpha value is -2.49. The van der Waals surface area contributed by atoms with Crippen molar-refractivity contribution in [1.29, 1.82) is 0 Å². The molecule has 0 spiro atoms. The van der Waals surface area contributed by atoms with Gasteiger partial charge in [0.1, 0.15) is 5.56 Å². The summed E-state index contributed by atoms with van der Waals surface area (Å²) >= 11 is 0. The minimum Gasteiger partial charge on any atom is -0.386 e. The lowest BCUT2D eigenvalue weighted by Gasteiger charge is -1.90. The van der Waals surface area contributed by atoms with E-state index in [-0.39, 0.29) is 11.1 Å². The average molecular weight is 226 g/mol. The zero-order valence-electron chi connectivity index (χ0n) is 8.60. The predicted molar refractivity (Wildman–Crippen MR) is 60.0 cm³/mol. The summed E-state index contributed by atoms with van der Waals surface area (Å²) in [5.74, 6) is -1.63. The number of ether oxygens (including phenoxy) is 1. The van der Waals surface area contributed by atoms with Crippen LogP contribution in [0.2, 0.25) is 0 Å². The molecule has 0 saturated carbocycles. The molecule has 0 atom stereocenters. The van der Waals surface area contributed by atoms with Crippen molar-refractivity contribution in [2.75, 3.05) is 0 Å². The summed E-state index contributed by atoms with van der Waals surface area (Å²) in [5.41, 5.74) is -0.594. The van der Waals surface area contributed by atoms with Gasteiger partial charge in [0, 0.05) is 5.39 Å². The number of carbonyl (C=O) groups excluding carboxylic acids is 2. The van der Waals surface area contributed by atoms with Crippen molar-refractivity contribution in [3.63, 3.8) is 0 Å². The van der Waals surface area contributed by atoms with Gasteiger partial charge in [0.05, 0.1) is 5.56 Å². The van der Waals surface area contributed by atoms with Gasteiger partial charge in [0.2, 0.25) is 5.43 Å². The van der Waals surface area contributed by atoms with Gasteiger partial charge in [-0.2, -0.15) is 0 Å². The second kappa shape index (κ2) is 3.25. The van der Waals surface area contributed by atoms with Crippen LogP contribution in [0.5, 0.6) is 0 Å². The lowest BCUT2D eigenvalue weighted by Crippen LogP contribution is -2.10. The van der Waals surface area contributed by atoms with Crippen LogP contribution >= 0.6 is 0 Å². The molecule has 0 bridgehead atoms. The Morgan fingerprint density at radius 3 is 2.41 bits per heavy atom. The molecule has 17 heavy (non-hydrogen) atoms. The molecule has 2 aromatic rings. The molecule has 1 aliphatic heterocycles. The quantitative estimate of drug-likeness (QED) is 0.504. The molecule has 4 nitrogen and oxygen atoms in total. The summed E-state index contributed by atoms with van der Waals surface area (Å²) in [4.78, 5) is 34.9. The second-order valence-corrected chi connectivity index (χ2v) is 3.72. The van der Waals surface area contributed by atoms with E-state index in [2.05, 4.69) is 4.74 Å². The molecule has 0 amide bonds. The van der Waals surface area contributed by atoms with Gasteiger partial charge in [-0.1, -0.05) is 30.3 Å². The highest BCUT2D eigenvalue weighted by atomic mass is 16.6. The lowest BCUT2D eigenvalue weighted by atomic mass is 10.1. The van der Waals surface area contributed by atoms with Gasteiger partial charge >= 0.3 is 11.9 Å². The van der Waals surface area contributed by atoms with Gasteiger partial charge in [0.15, 0.2) is 0 Å². The molecular formula is C13H6O4. The van der Waals surface area contributed by atoms with Gasteiger partial charge in [-0.15, -0.1) is 0 Å². The SMILES string of the molecule is O=C1OC(=O)c2c1ccc1ccccc1c2=O. The summed E-state index contributed by atoms with van der Waals surface area (Å²) in [7, 11) is 0. The molecule has 0 radical (unpaired) electrons. The van der Waals surface area contributed by atoms with Crippen LogP contribution in [0.4, 0.5) is 0 Å². The van der Waals surface area contributed by atoms with Crippen molar-refractivity contribution >= 4 is 22.7 Å². The maximum Gasteiger partial charge on any atom is 0.350 e. The highest BCUT2D eigenvalue weighted by molar-refractivity contribution is 6.15. The van der Waals surface area contributed by atoms with Crippen LogP contribution < -0.4 is 5.43 Å².